The maximum Gasteiger partial charge on any atom is 0.311 e. The first-order valence-electron chi connectivity index (χ1n) is 7.05. The minimum atomic E-state index is -0.319. The lowest BCUT2D eigenvalue weighted by Gasteiger charge is -2.07. The molecule has 0 atom stereocenters. The largest absolute Gasteiger partial charge is 0.466 e. The molecule has 1 rings (SSSR count). The molecule has 0 saturated heterocycles. The van der Waals surface area contributed by atoms with Crippen LogP contribution in [0.25, 0.3) is 0 Å². The summed E-state index contributed by atoms with van der Waals surface area (Å²) in [4.78, 5) is 23.0. The second kappa shape index (κ2) is 9.13. The van der Waals surface area contributed by atoms with Gasteiger partial charge in [-0.25, -0.2) is 0 Å². The Morgan fingerprint density at radius 3 is 2.45 bits per heavy atom. The zero-order valence-electron chi connectivity index (χ0n) is 12.2. The maximum absolute atomic E-state index is 11.6. The third-order valence-corrected chi connectivity index (χ3v) is 2.84. The fourth-order valence-electron chi connectivity index (χ4n) is 1.62. The van der Waals surface area contributed by atoms with Crippen molar-refractivity contribution in [1.82, 2.24) is 0 Å². The lowest BCUT2D eigenvalue weighted by Crippen LogP contribution is -2.11. The van der Waals surface area contributed by atoms with Gasteiger partial charge in [-0.1, -0.05) is 31.5 Å². The van der Waals surface area contributed by atoms with Crippen molar-refractivity contribution in [2.75, 3.05) is 6.61 Å². The number of aryl methyl sites for hydroxylation is 1. The number of esters is 2. The van der Waals surface area contributed by atoms with Gasteiger partial charge < -0.3 is 9.47 Å². The van der Waals surface area contributed by atoms with Crippen molar-refractivity contribution in [2.45, 2.75) is 46.0 Å². The minimum absolute atomic E-state index is 0.219. The number of unbranched alkanes of at least 4 members (excludes halogenated alkanes) is 1. The smallest absolute Gasteiger partial charge is 0.311 e. The number of ether oxygens (including phenoxy) is 2. The van der Waals surface area contributed by atoms with Gasteiger partial charge in [0, 0.05) is 12.8 Å². The van der Waals surface area contributed by atoms with Gasteiger partial charge in [-0.3, -0.25) is 9.59 Å². The van der Waals surface area contributed by atoms with Crippen molar-refractivity contribution >= 4 is 11.9 Å². The van der Waals surface area contributed by atoms with Crippen LogP contribution in [0.5, 0.6) is 5.75 Å². The van der Waals surface area contributed by atoms with Gasteiger partial charge in [0.05, 0.1) is 6.61 Å². The van der Waals surface area contributed by atoms with E-state index in [-0.39, 0.29) is 24.8 Å². The molecule has 0 bridgehead atoms. The van der Waals surface area contributed by atoms with E-state index in [1.54, 1.807) is 6.07 Å². The first-order chi connectivity index (χ1) is 9.63. The number of para-hydroxylation sites is 1. The van der Waals surface area contributed by atoms with Gasteiger partial charge in [0.25, 0.3) is 0 Å². The number of rotatable bonds is 8. The monoisotopic (exact) mass is 278 g/mol. The summed E-state index contributed by atoms with van der Waals surface area (Å²) in [6, 6.07) is 7.35. The van der Waals surface area contributed by atoms with Gasteiger partial charge in [0.2, 0.25) is 0 Å². The quantitative estimate of drug-likeness (QED) is 0.415. The molecule has 0 aliphatic rings. The molecular weight excluding hydrogens is 256 g/mol. The van der Waals surface area contributed by atoms with Gasteiger partial charge in [0.1, 0.15) is 5.75 Å². The van der Waals surface area contributed by atoms with E-state index < -0.39 is 0 Å². The first kappa shape index (κ1) is 16.2. The summed E-state index contributed by atoms with van der Waals surface area (Å²) < 4.78 is 10.2. The van der Waals surface area contributed by atoms with E-state index in [9.17, 15) is 9.59 Å². The van der Waals surface area contributed by atoms with Crippen LogP contribution in [0.3, 0.4) is 0 Å². The molecule has 0 aromatic heterocycles. The van der Waals surface area contributed by atoms with E-state index in [4.69, 9.17) is 9.47 Å². The molecule has 0 spiro atoms. The highest BCUT2D eigenvalue weighted by molar-refractivity contribution is 5.74. The van der Waals surface area contributed by atoms with Crippen LogP contribution in [0, 0.1) is 6.92 Å². The van der Waals surface area contributed by atoms with Gasteiger partial charge in [-0.2, -0.15) is 0 Å². The molecule has 110 valence electrons. The molecule has 0 N–H and O–H groups in total. The normalized spacial score (nSPS) is 10.1. The summed E-state index contributed by atoms with van der Waals surface area (Å²) in [5.74, 6) is 0.00539. The zero-order valence-corrected chi connectivity index (χ0v) is 12.2. The Balaban J connectivity index is 2.20. The van der Waals surface area contributed by atoms with E-state index in [2.05, 4.69) is 0 Å². The highest BCUT2D eigenvalue weighted by Gasteiger charge is 2.09. The van der Waals surface area contributed by atoms with Crippen LogP contribution in [0.2, 0.25) is 0 Å². The standard InChI is InChI=1S/C16H22O4/c1-3-4-12-19-15(17)10-7-11-16(18)20-14-9-6-5-8-13(14)2/h5-6,8-9H,3-4,7,10-12H2,1-2H3. The Kier molecular flexibility index (Phi) is 7.40. The molecule has 0 radical (unpaired) electrons. The Hall–Kier alpha value is -1.84. The van der Waals surface area contributed by atoms with Crippen molar-refractivity contribution in [2.24, 2.45) is 0 Å². The molecule has 0 aliphatic heterocycles. The van der Waals surface area contributed by atoms with Crippen LogP contribution in [0.15, 0.2) is 24.3 Å². The van der Waals surface area contributed by atoms with Crippen LogP contribution in [-0.2, 0) is 14.3 Å². The molecule has 0 fully saturated rings. The van der Waals surface area contributed by atoms with Crippen molar-refractivity contribution < 1.29 is 19.1 Å². The predicted molar refractivity (Wildman–Crippen MR) is 76.5 cm³/mol. The Bertz CT molecular complexity index is 440. The van der Waals surface area contributed by atoms with E-state index in [1.807, 2.05) is 32.0 Å². The van der Waals surface area contributed by atoms with E-state index >= 15 is 0 Å². The summed E-state index contributed by atoms with van der Waals surface area (Å²) in [7, 11) is 0. The van der Waals surface area contributed by atoms with Crippen LogP contribution in [0.1, 0.15) is 44.6 Å². The summed E-state index contributed by atoms with van der Waals surface area (Å²) >= 11 is 0. The fourth-order valence-corrected chi connectivity index (χ4v) is 1.62. The highest BCUT2D eigenvalue weighted by Crippen LogP contribution is 2.17. The van der Waals surface area contributed by atoms with Crippen LogP contribution in [0.4, 0.5) is 0 Å². The SMILES string of the molecule is CCCCOC(=O)CCCC(=O)Oc1ccccc1C. The summed E-state index contributed by atoms with van der Waals surface area (Å²) in [5.41, 5.74) is 0.917. The van der Waals surface area contributed by atoms with Crippen LogP contribution >= 0.6 is 0 Å². The lowest BCUT2D eigenvalue weighted by molar-refractivity contribution is -0.144. The average molecular weight is 278 g/mol. The Morgan fingerprint density at radius 2 is 1.75 bits per heavy atom. The van der Waals surface area contributed by atoms with Gasteiger partial charge in [-0.05, 0) is 31.4 Å². The predicted octanol–water partition coefficient (Wildman–Crippen LogP) is 3.41. The lowest BCUT2D eigenvalue weighted by atomic mass is 10.2. The number of carbonyl (C=O) groups excluding carboxylic acids is 2. The van der Waals surface area contributed by atoms with E-state index in [0.29, 0.717) is 18.8 Å². The molecular formula is C16H22O4. The molecule has 0 unspecified atom stereocenters. The molecule has 0 saturated carbocycles. The molecule has 20 heavy (non-hydrogen) atoms. The topological polar surface area (TPSA) is 52.6 Å². The summed E-state index contributed by atoms with van der Waals surface area (Å²) in [5, 5.41) is 0. The minimum Gasteiger partial charge on any atom is -0.466 e. The second-order valence-corrected chi connectivity index (χ2v) is 4.67. The average Bonchev–Trinajstić information content (AvgIpc) is 2.42. The number of hydrogen-bond acceptors (Lipinski definition) is 4. The fraction of sp³-hybridized carbons (Fsp3) is 0.500. The third kappa shape index (κ3) is 6.36. The zero-order chi connectivity index (χ0) is 14.8. The third-order valence-electron chi connectivity index (χ3n) is 2.84. The number of hydrogen-bond donors (Lipinski definition) is 0. The molecule has 4 nitrogen and oxygen atoms in total. The van der Waals surface area contributed by atoms with Crippen molar-refractivity contribution in [3.63, 3.8) is 0 Å². The second-order valence-electron chi connectivity index (χ2n) is 4.67. The molecule has 0 amide bonds. The van der Waals surface area contributed by atoms with Crippen molar-refractivity contribution in [3.8, 4) is 5.75 Å². The summed E-state index contributed by atoms with van der Waals surface area (Å²) in [6.45, 7) is 4.38. The highest BCUT2D eigenvalue weighted by atomic mass is 16.5. The Labute approximate surface area is 120 Å². The van der Waals surface area contributed by atoms with Gasteiger partial charge in [-0.15, -0.1) is 0 Å². The van der Waals surface area contributed by atoms with E-state index in [0.717, 1.165) is 18.4 Å². The van der Waals surface area contributed by atoms with E-state index in [1.165, 1.54) is 0 Å². The molecule has 0 heterocycles. The van der Waals surface area contributed by atoms with Crippen LogP contribution in [-0.4, -0.2) is 18.5 Å². The molecule has 1 aromatic carbocycles. The molecule has 4 heteroatoms. The van der Waals surface area contributed by atoms with Crippen molar-refractivity contribution in [3.05, 3.63) is 29.8 Å². The Morgan fingerprint density at radius 1 is 1.05 bits per heavy atom. The van der Waals surface area contributed by atoms with Gasteiger partial charge in [0.15, 0.2) is 0 Å². The molecule has 1 aromatic rings. The molecule has 0 aliphatic carbocycles. The van der Waals surface area contributed by atoms with Gasteiger partial charge >= 0.3 is 11.9 Å². The van der Waals surface area contributed by atoms with Crippen molar-refractivity contribution in [1.29, 1.82) is 0 Å². The first-order valence-corrected chi connectivity index (χ1v) is 7.05. The van der Waals surface area contributed by atoms with Crippen LogP contribution < -0.4 is 4.74 Å². The number of benzene rings is 1. The number of carbonyl (C=O) groups is 2. The summed E-state index contributed by atoms with van der Waals surface area (Å²) in [6.07, 6.45) is 2.80. The maximum atomic E-state index is 11.6.